The summed E-state index contributed by atoms with van der Waals surface area (Å²) in [6.07, 6.45) is 5.95. The smallest absolute Gasteiger partial charge is 0.269 e. The Bertz CT molecular complexity index is 5880. The first kappa shape index (κ1) is 59.6. The molecule has 0 aliphatic heterocycles. The van der Waals surface area contributed by atoms with Crippen LogP contribution in [0.5, 0.6) is 11.5 Å². The largest absolute Gasteiger partial charge is 0.458 e. The average Bonchev–Trinajstić information content (AvgIpc) is 1.55. The van der Waals surface area contributed by atoms with Gasteiger partial charge >= 0.3 is 0 Å². The monoisotopic (exact) mass is 1280 g/mol. The summed E-state index contributed by atoms with van der Waals surface area (Å²) < 4.78 is 16.3. The summed E-state index contributed by atoms with van der Waals surface area (Å²) in [6, 6.07) is 125. The number of aromatic nitrogens is 5. The van der Waals surface area contributed by atoms with E-state index >= 15 is 0 Å². The van der Waals surface area contributed by atoms with Crippen LogP contribution in [-0.4, -0.2) is 18.7 Å². The van der Waals surface area contributed by atoms with Crippen LogP contribution in [0.1, 0.15) is 26.3 Å². The van der Waals surface area contributed by atoms with E-state index in [2.05, 4.69) is 385 Å². The minimum Gasteiger partial charge on any atom is -0.458 e. The number of hydrogen-bond donors (Lipinski definition) is 0. The summed E-state index contributed by atoms with van der Waals surface area (Å²) >= 11 is 0. The maximum atomic E-state index is 7.11. The molecule has 0 saturated carbocycles. The SMILES string of the molecule is CC(C)(C)c1ccnc(-n2c3ccc(-c4cccc5c4c4ccccc4n5-c4ccccc4)cc3c3ccc(Oc4cccc(-n5[c-][n+](-c6c(-c7cc(-c8ccccc8)cc(-c8ccccc8)c7)cccc6-c6cc(-c7ccccc7)cc(-c7ccccc7)c6)c6ccccc65)c4)cc32)c1. The van der Waals surface area contributed by atoms with E-state index in [1.807, 2.05) is 12.3 Å². The maximum Gasteiger partial charge on any atom is 0.269 e. The average molecular weight is 1280 g/mol. The Morgan fingerprint density at radius 3 is 1.44 bits per heavy atom. The lowest BCUT2D eigenvalue weighted by Crippen LogP contribution is -2.31. The molecule has 474 valence electrons. The molecule has 6 heteroatoms. The molecule has 0 atom stereocenters. The van der Waals surface area contributed by atoms with Crippen molar-refractivity contribution in [1.82, 2.24) is 18.7 Å². The minimum atomic E-state index is -0.101. The standard InChI is InChI=1S/C94H67N5O/c1-94(2,3)74-50-51-95-91(59-74)99-86-49-46-67(79-39-25-45-89-92(79)83-38-19-20-42-85(83)98(89)75-34-17-8-18-35-75)58-84(86)82-48-47-78(61-90(82)99)100-77-37-23-36-76(60-77)96-62-97(88-44-22-21-43-87(88)96)93-80(72-54-68(63-26-9-4-10-27-63)52-69(55-72)64-28-11-5-12-29-64)40-24-41-81(93)73-56-70(65-30-13-6-14-31-65)53-71(57-73)66-32-15-7-16-33-66/h4-61H,1-3H3. The number of para-hydroxylation sites is 5. The third-order valence-corrected chi connectivity index (χ3v) is 19.7. The lowest BCUT2D eigenvalue weighted by atomic mass is 9.88. The van der Waals surface area contributed by atoms with Crippen molar-refractivity contribution in [2.75, 3.05) is 0 Å². The zero-order chi connectivity index (χ0) is 66.8. The van der Waals surface area contributed by atoms with Crippen LogP contribution in [-0.2, 0) is 5.41 Å². The fourth-order valence-corrected chi connectivity index (χ4v) is 14.8. The molecule has 0 spiro atoms. The Balaban J connectivity index is 0.789. The van der Waals surface area contributed by atoms with E-state index in [1.54, 1.807) is 0 Å². The van der Waals surface area contributed by atoms with Crippen LogP contribution in [0.2, 0.25) is 0 Å². The second-order valence-corrected chi connectivity index (χ2v) is 26.9. The van der Waals surface area contributed by atoms with E-state index in [0.29, 0.717) is 11.5 Å². The van der Waals surface area contributed by atoms with Crippen LogP contribution in [0, 0.1) is 6.33 Å². The topological polar surface area (TPSA) is 40.8 Å². The Hall–Kier alpha value is -12.9. The van der Waals surface area contributed by atoms with Gasteiger partial charge in [0, 0.05) is 39.5 Å². The molecule has 14 aromatic carbocycles. The maximum absolute atomic E-state index is 7.11. The quantitative estimate of drug-likeness (QED) is 0.0853. The molecule has 0 amide bonds. The van der Waals surface area contributed by atoms with Crippen molar-refractivity contribution < 1.29 is 9.30 Å². The summed E-state index contributed by atoms with van der Waals surface area (Å²) in [6.45, 7) is 6.76. The van der Waals surface area contributed by atoms with Crippen LogP contribution in [0.3, 0.4) is 0 Å². The molecule has 0 N–H and O–H groups in total. The van der Waals surface area contributed by atoms with Crippen molar-refractivity contribution in [2.24, 2.45) is 0 Å². The molecular weight excluding hydrogens is 1220 g/mol. The lowest BCUT2D eigenvalue weighted by molar-refractivity contribution is -0.571. The number of fused-ring (bicyclic) bond motifs is 7. The highest BCUT2D eigenvalue weighted by atomic mass is 16.5. The number of ether oxygens (including phenoxy) is 1. The second kappa shape index (κ2) is 24.6. The van der Waals surface area contributed by atoms with Crippen LogP contribution in [0.25, 0.3) is 155 Å². The summed E-state index contributed by atoms with van der Waals surface area (Å²) in [4.78, 5) is 5.11. The fraction of sp³-hybridized carbons (Fsp3) is 0.0426. The predicted octanol–water partition coefficient (Wildman–Crippen LogP) is 24.1. The lowest BCUT2D eigenvalue weighted by Gasteiger charge is -2.20. The van der Waals surface area contributed by atoms with Gasteiger partial charge in [0.15, 0.2) is 0 Å². The predicted molar refractivity (Wildman–Crippen MR) is 413 cm³/mol. The number of pyridine rings is 1. The highest BCUT2D eigenvalue weighted by Gasteiger charge is 2.25. The molecule has 18 aromatic rings. The van der Waals surface area contributed by atoms with Gasteiger partial charge in [-0.2, -0.15) is 0 Å². The van der Waals surface area contributed by atoms with E-state index in [9.17, 15) is 0 Å². The Morgan fingerprint density at radius 2 is 0.820 bits per heavy atom. The molecular formula is C94H67N5O. The van der Waals surface area contributed by atoms with Gasteiger partial charge in [-0.1, -0.05) is 245 Å². The summed E-state index contributed by atoms with van der Waals surface area (Å²) in [7, 11) is 0. The molecule has 0 aliphatic rings. The molecule has 4 heterocycles. The van der Waals surface area contributed by atoms with Gasteiger partial charge in [-0.05, 0) is 204 Å². The van der Waals surface area contributed by atoms with Crippen molar-refractivity contribution >= 4 is 54.6 Å². The second-order valence-electron chi connectivity index (χ2n) is 26.9. The highest BCUT2D eigenvalue weighted by molar-refractivity contribution is 6.17. The molecule has 4 aromatic heterocycles. The van der Waals surface area contributed by atoms with Gasteiger partial charge < -0.3 is 9.30 Å². The Kier molecular flexibility index (Phi) is 14.7. The Labute approximate surface area is 581 Å². The molecule has 0 radical (unpaired) electrons. The van der Waals surface area contributed by atoms with Gasteiger partial charge in [0.05, 0.1) is 44.5 Å². The molecule has 0 aliphatic carbocycles. The molecule has 0 fully saturated rings. The van der Waals surface area contributed by atoms with Crippen molar-refractivity contribution in [3.63, 3.8) is 0 Å². The van der Waals surface area contributed by atoms with Gasteiger partial charge in [0.25, 0.3) is 6.33 Å². The normalized spacial score (nSPS) is 11.8. The van der Waals surface area contributed by atoms with E-state index in [1.165, 1.54) is 32.9 Å². The van der Waals surface area contributed by atoms with Crippen molar-refractivity contribution in [3.8, 4) is 112 Å². The number of benzene rings is 14. The number of rotatable bonds is 13. The van der Waals surface area contributed by atoms with Crippen molar-refractivity contribution in [3.05, 3.63) is 364 Å². The molecule has 0 bridgehead atoms. The molecule has 100 heavy (non-hydrogen) atoms. The number of nitrogens with zero attached hydrogens (tertiary/aromatic N) is 5. The molecule has 18 rings (SSSR count). The number of imidazole rings is 1. The van der Waals surface area contributed by atoms with Crippen molar-refractivity contribution in [2.45, 2.75) is 26.2 Å². The van der Waals surface area contributed by atoms with E-state index in [4.69, 9.17) is 9.72 Å². The number of hydrogen-bond acceptors (Lipinski definition) is 2. The zero-order valence-corrected chi connectivity index (χ0v) is 55.6. The first-order valence-corrected chi connectivity index (χ1v) is 34.2. The van der Waals surface area contributed by atoms with Crippen LogP contribution in [0.15, 0.2) is 352 Å². The molecule has 0 unspecified atom stereocenters. The van der Waals surface area contributed by atoms with Gasteiger partial charge in [0.2, 0.25) is 0 Å². The first-order valence-electron chi connectivity index (χ1n) is 34.2. The third-order valence-electron chi connectivity index (χ3n) is 19.7. The first-order chi connectivity index (χ1) is 49.2. The van der Waals surface area contributed by atoms with Crippen LogP contribution in [0.4, 0.5) is 0 Å². The van der Waals surface area contributed by atoms with Crippen LogP contribution < -0.4 is 9.30 Å². The van der Waals surface area contributed by atoms with Gasteiger partial charge in [-0.3, -0.25) is 13.7 Å². The molecule has 6 nitrogen and oxygen atoms in total. The van der Waals surface area contributed by atoms with Gasteiger partial charge in [-0.15, -0.1) is 0 Å². The summed E-state index contributed by atoms with van der Waals surface area (Å²) in [5, 5.41) is 4.67. The van der Waals surface area contributed by atoms with E-state index < -0.39 is 0 Å². The zero-order valence-electron chi connectivity index (χ0n) is 55.6. The summed E-state index contributed by atoms with van der Waals surface area (Å²) in [5.74, 6) is 2.24. The molecule has 0 saturated heterocycles. The fourth-order valence-electron chi connectivity index (χ4n) is 14.8. The van der Waals surface area contributed by atoms with Gasteiger partial charge in [0.1, 0.15) is 17.3 Å². The third kappa shape index (κ3) is 10.7. The highest BCUT2D eigenvalue weighted by Crippen LogP contribution is 2.45. The van der Waals surface area contributed by atoms with Crippen molar-refractivity contribution in [1.29, 1.82) is 0 Å². The minimum absolute atomic E-state index is 0.101. The van der Waals surface area contributed by atoms with E-state index in [-0.39, 0.29) is 5.41 Å². The van der Waals surface area contributed by atoms with E-state index in [0.717, 1.165) is 128 Å². The Morgan fingerprint density at radius 1 is 0.320 bits per heavy atom. The van der Waals surface area contributed by atoms with Crippen LogP contribution >= 0.6 is 0 Å². The summed E-state index contributed by atoms with van der Waals surface area (Å²) in [5.41, 5.74) is 26.3. The van der Waals surface area contributed by atoms with Gasteiger partial charge in [-0.25, -0.2) is 4.98 Å².